The van der Waals surface area contributed by atoms with E-state index < -0.39 is 0 Å². The van der Waals surface area contributed by atoms with Gasteiger partial charge in [0, 0.05) is 23.9 Å². The minimum atomic E-state index is -0.271. The molecular formula is C22H34O3. The maximum atomic E-state index is 12.6. The molecule has 1 N–H and O–H groups in total. The second-order valence-corrected chi connectivity index (χ2v) is 9.34. The largest absolute Gasteiger partial charge is 0.389 e. The van der Waals surface area contributed by atoms with Crippen molar-refractivity contribution in [2.24, 2.45) is 28.6 Å². The number of hydrogen-bond donors (Lipinski definition) is 1. The molecule has 0 bridgehead atoms. The molecule has 0 aromatic rings. The predicted octanol–water partition coefficient (Wildman–Crippen LogP) is 4.29. The van der Waals surface area contributed by atoms with Gasteiger partial charge in [-0.05, 0) is 69.1 Å². The molecule has 4 aliphatic rings. The van der Waals surface area contributed by atoms with E-state index in [0.29, 0.717) is 23.5 Å². The molecule has 0 aromatic carbocycles. The van der Waals surface area contributed by atoms with Gasteiger partial charge in [-0.3, -0.25) is 4.79 Å². The molecule has 140 valence electrons. The summed E-state index contributed by atoms with van der Waals surface area (Å²) >= 11 is 0. The van der Waals surface area contributed by atoms with E-state index in [-0.39, 0.29) is 16.9 Å². The Hall–Kier alpha value is -0.670. The molecule has 0 aromatic heterocycles. The van der Waals surface area contributed by atoms with Crippen LogP contribution in [0.1, 0.15) is 71.6 Å². The van der Waals surface area contributed by atoms with Crippen LogP contribution in [0.25, 0.3) is 0 Å². The zero-order valence-electron chi connectivity index (χ0n) is 15.9. The lowest BCUT2D eigenvalue weighted by Gasteiger charge is -2.58. The molecule has 4 aliphatic carbocycles. The molecule has 3 fully saturated rings. The van der Waals surface area contributed by atoms with Crippen molar-refractivity contribution in [3.63, 3.8) is 0 Å². The van der Waals surface area contributed by atoms with Crippen molar-refractivity contribution >= 4 is 5.78 Å². The molecule has 0 unspecified atom stereocenters. The molecule has 3 heteroatoms. The third-order valence-corrected chi connectivity index (χ3v) is 8.23. The topological polar surface area (TPSA) is 46.5 Å². The summed E-state index contributed by atoms with van der Waals surface area (Å²) in [5.41, 5.74) is 1.54. The summed E-state index contributed by atoms with van der Waals surface area (Å²) in [4.78, 5) is 12.6. The first-order valence-electron chi connectivity index (χ1n) is 10.5. The zero-order valence-corrected chi connectivity index (χ0v) is 15.9. The van der Waals surface area contributed by atoms with E-state index in [9.17, 15) is 9.90 Å². The van der Waals surface area contributed by atoms with E-state index in [1.54, 1.807) is 0 Å². The van der Waals surface area contributed by atoms with Gasteiger partial charge < -0.3 is 9.84 Å². The molecule has 0 radical (unpaired) electrons. The van der Waals surface area contributed by atoms with Gasteiger partial charge in [0.2, 0.25) is 0 Å². The van der Waals surface area contributed by atoms with E-state index in [1.165, 1.54) is 12.0 Å². The molecule has 0 spiro atoms. The van der Waals surface area contributed by atoms with E-state index in [4.69, 9.17) is 4.74 Å². The average molecular weight is 347 g/mol. The zero-order chi connectivity index (χ0) is 17.7. The molecular weight excluding hydrogens is 312 g/mol. The van der Waals surface area contributed by atoms with Crippen molar-refractivity contribution < 1.29 is 14.6 Å². The Morgan fingerprint density at radius 1 is 1.16 bits per heavy atom. The summed E-state index contributed by atoms with van der Waals surface area (Å²) in [6.07, 6.45) is 11.3. The van der Waals surface area contributed by atoms with E-state index >= 15 is 0 Å². The van der Waals surface area contributed by atoms with Crippen LogP contribution in [0.4, 0.5) is 0 Å². The van der Waals surface area contributed by atoms with Gasteiger partial charge in [0.15, 0.2) is 0 Å². The van der Waals surface area contributed by atoms with Gasteiger partial charge in [0.25, 0.3) is 0 Å². The molecule has 4 rings (SSSR count). The first-order chi connectivity index (χ1) is 12.0. The third-order valence-electron chi connectivity index (χ3n) is 8.23. The van der Waals surface area contributed by atoms with Crippen molar-refractivity contribution in [1.82, 2.24) is 0 Å². The van der Waals surface area contributed by atoms with Gasteiger partial charge in [-0.2, -0.15) is 0 Å². The monoisotopic (exact) mass is 346 g/mol. The van der Waals surface area contributed by atoms with Crippen LogP contribution in [0.15, 0.2) is 11.6 Å². The molecule has 3 nitrogen and oxygen atoms in total. The van der Waals surface area contributed by atoms with Crippen molar-refractivity contribution in [1.29, 1.82) is 0 Å². The Kier molecular flexibility index (Phi) is 4.60. The standard InChI is InChI=1S/C22H34O3/c1-3-12-25-14-22-11-8-16(23)13-15(22)4-5-17-18-6-7-20(24)21(18,2)10-9-19(17)22/h13,16-19,23H,3-12,14H2,1-2H3/t16-,17-,18-,19-,21-,22+/m0/s1. The van der Waals surface area contributed by atoms with Gasteiger partial charge in [-0.15, -0.1) is 0 Å². The summed E-state index contributed by atoms with van der Waals surface area (Å²) in [5, 5.41) is 10.2. The maximum absolute atomic E-state index is 12.6. The van der Waals surface area contributed by atoms with Crippen molar-refractivity contribution in [3.8, 4) is 0 Å². The van der Waals surface area contributed by atoms with Crippen LogP contribution in [0.5, 0.6) is 0 Å². The van der Waals surface area contributed by atoms with Gasteiger partial charge in [-0.1, -0.05) is 25.5 Å². The highest BCUT2D eigenvalue weighted by Crippen LogP contribution is 2.64. The first kappa shape index (κ1) is 17.7. The Morgan fingerprint density at radius 2 is 2.00 bits per heavy atom. The minimum absolute atomic E-state index is 0.0535. The van der Waals surface area contributed by atoms with Crippen molar-refractivity contribution in [2.75, 3.05) is 13.2 Å². The van der Waals surface area contributed by atoms with Gasteiger partial charge >= 0.3 is 0 Å². The quantitative estimate of drug-likeness (QED) is 0.610. The predicted molar refractivity (Wildman–Crippen MR) is 98.2 cm³/mol. The van der Waals surface area contributed by atoms with Gasteiger partial charge in [0.05, 0.1) is 12.7 Å². The second kappa shape index (κ2) is 6.49. The highest BCUT2D eigenvalue weighted by molar-refractivity contribution is 5.87. The number of ether oxygens (including phenoxy) is 1. The third kappa shape index (κ3) is 2.65. The summed E-state index contributed by atoms with van der Waals surface area (Å²) in [7, 11) is 0. The van der Waals surface area contributed by atoms with Crippen LogP contribution >= 0.6 is 0 Å². The van der Waals surface area contributed by atoms with Crippen molar-refractivity contribution in [3.05, 3.63) is 11.6 Å². The lowest BCUT2D eigenvalue weighted by molar-refractivity contribution is -0.134. The number of Topliss-reactive ketones (excluding diaryl/α,β-unsaturated/α-hetero) is 1. The van der Waals surface area contributed by atoms with Crippen LogP contribution in [-0.2, 0) is 9.53 Å². The highest BCUT2D eigenvalue weighted by Gasteiger charge is 2.60. The number of carbonyl (C=O) groups is 1. The fraction of sp³-hybridized carbons (Fsp3) is 0.864. The van der Waals surface area contributed by atoms with Crippen LogP contribution in [-0.4, -0.2) is 30.2 Å². The molecule has 0 saturated heterocycles. The normalized spacial score (nSPS) is 46.2. The fourth-order valence-corrected chi connectivity index (χ4v) is 6.94. The molecule has 3 saturated carbocycles. The number of ketones is 1. The number of rotatable bonds is 4. The maximum Gasteiger partial charge on any atom is 0.139 e. The van der Waals surface area contributed by atoms with Crippen LogP contribution in [0.2, 0.25) is 0 Å². The van der Waals surface area contributed by atoms with Crippen molar-refractivity contribution in [2.45, 2.75) is 77.7 Å². The molecule has 0 heterocycles. The number of aliphatic hydroxyl groups excluding tert-OH is 1. The van der Waals surface area contributed by atoms with E-state index in [1.807, 2.05) is 0 Å². The van der Waals surface area contributed by atoms with Crippen LogP contribution in [0.3, 0.4) is 0 Å². The first-order valence-corrected chi connectivity index (χ1v) is 10.5. The summed E-state index contributed by atoms with van der Waals surface area (Å²) in [6, 6.07) is 0. The summed E-state index contributed by atoms with van der Waals surface area (Å²) in [6.45, 7) is 6.06. The Labute approximate surface area is 152 Å². The molecule has 6 atom stereocenters. The Morgan fingerprint density at radius 3 is 2.80 bits per heavy atom. The summed E-state index contributed by atoms with van der Waals surface area (Å²) < 4.78 is 6.13. The molecule has 0 aliphatic heterocycles. The fourth-order valence-electron chi connectivity index (χ4n) is 6.94. The highest BCUT2D eigenvalue weighted by atomic mass is 16.5. The lowest BCUT2D eigenvalue weighted by atomic mass is 9.47. The van der Waals surface area contributed by atoms with E-state index in [2.05, 4.69) is 19.9 Å². The average Bonchev–Trinajstić information content (AvgIpc) is 2.91. The number of carbonyl (C=O) groups excluding carboxylic acids is 1. The lowest BCUT2D eigenvalue weighted by Crippen LogP contribution is -2.53. The Balaban J connectivity index is 1.66. The number of fused-ring (bicyclic) bond motifs is 5. The van der Waals surface area contributed by atoms with Gasteiger partial charge in [-0.25, -0.2) is 0 Å². The van der Waals surface area contributed by atoms with Crippen LogP contribution < -0.4 is 0 Å². The Bertz CT molecular complexity index is 568. The van der Waals surface area contributed by atoms with E-state index in [0.717, 1.165) is 64.6 Å². The minimum Gasteiger partial charge on any atom is -0.389 e. The smallest absolute Gasteiger partial charge is 0.139 e. The second-order valence-electron chi connectivity index (χ2n) is 9.34. The van der Waals surface area contributed by atoms with Gasteiger partial charge in [0.1, 0.15) is 5.78 Å². The number of hydrogen-bond acceptors (Lipinski definition) is 3. The molecule has 25 heavy (non-hydrogen) atoms. The SMILES string of the molecule is CCCOC[C@]12CC[C@H](O)C=C1CC[C@@H]1[C@@H]2CC[C@]2(C)C(=O)CC[C@@H]12. The van der Waals surface area contributed by atoms with Crippen LogP contribution in [0, 0.1) is 28.6 Å². The molecule has 0 amide bonds. The summed E-state index contributed by atoms with van der Waals surface area (Å²) in [5.74, 6) is 2.41. The number of aliphatic hydroxyl groups is 1.